The number of hydrogen-bond donors (Lipinski definition) is 2. The SMILES string of the molecule is CN(C)C(=O)NC(N)=Nc1cccnc1. The van der Waals surface area contributed by atoms with Crippen molar-refractivity contribution in [3.63, 3.8) is 0 Å². The van der Waals surface area contributed by atoms with Gasteiger partial charge in [0.25, 0.3) is 0 Å². The normalized spacial score (nSPS) is 10.9. The molecule has 0 fully saturated rings. The average molecular weight is 207 g/mol. The van der Waals surface area contributed by atoms with E-state index >= 15 is 0 Å². The molecule has 0 saturated heterocycles. The van der Waals surface area contributed by atoms with Crippen molar-refractivity contribution in [3.05, 3.63) is 24.5 Å². The summed E-state index contributed by atoms with van der Waals surface area (Å²) in [4.78, 5) is 20.4. The zero-order valence-electron chi connectivity index (χ0n) is 8.64. The van der Waals surface area contributed by atoms with Crippen LogP contribution >= 0.6 is 0 Å². The van der Waals surface area contributed by atoms with E-state index in [1.54, 1.807) is 38.6 Å². The van der Waals surface area contributed by atoms with Gasteiger partial charge in [-0.3, -0.25) is 10.3 Å². The molecule has 2 amide bonds. The summed E-state index contributed by atoms with van der Waals surface area (Å²) in [6.07, 6.45) is 3.18. The maximum atomic E-state index is 11.2. The summed E-state index contributed by atoms with van der Waals surface area (Å²) in [5, 5.41) is 2.41. The first kappa shape index (κ1) is 11.0. The Morgan fingerprint density at radius 1 is 1.60 bits per heavy atom. The third-order valence-corrected chi connectivity index (χ3v) is 1.54. The van der Waals surface area contributed by atoms with Crippen LogP contribution in [0.2, 0.25) is 0 Å². The number of carbonyl (C=O) groups is 1. The van der Waals surface area contributed by atoms with Crippen molar-refractivity contribution in [1.29, 1.82) is 0 Å². The van der Waals surface area contributed by atoms with Crippen LogP contribution in [0.4, 0.5) is 10.5 Å². The number of aromatic nitrogens is 1. The van der Waals surface area contributed by atoms with Gasteiger partial charge < -0.3 is 10.6 Å². The van der Waals surface area contributed by atoms with E-state index in [-0.39, 0.29) is 12.0 Å². The van der Waals surface area contributed by atoms with Crippen molar-refractivity contribution in [2.24, 2.45) is 10.7 Å². The Kier molecular flexibility index (Phi) is 3.61. The second-order valence-corrected chi connectivity index (χ2v) is 3.03. The highest BCUT2D eigenvalue weighted by atomic mass is 16.2. The molecule has 0 radical (unpaired) electrons. The maximum absolute atomic E-state index is 11.2. The summed E-state index contributed by atoms with van der Waals surface area (Å²) in [5.41, 5.74) is 6.10. The Morgan fingerprint density at radius 3 is 2.87 bits per heavy atom. The van der Waals surface area contributed by atoms with Crippen molar-refractivity contribution in [2.75, 3.05) is 14.1 Å². The van der Waals surface area contributed by atoms with Gasteiger partial charge in [0, 0.05) is 20.3 Å². The third-order valence-electron chi connectivity index (χ3n) is 1.54. The number of guanidine groups is 1. The van der Waals surface area contributed by atoms with Crippen molar-refractivity contribution in [3.8, 4) is 0 Å². The van der Waals surface area contributed by atoms with Crippen LogP contribution in [-0.2, 0) is 0 Å². The topological polar surface area (TPSA) is 83.6 Å². The minimum atomic E-state index is -0.319. The van der Waals surface area contributed by atoms with Crippen molar-refractivity contribution in [1.82, 2.24) is 15.2 Å². The number of urea groups is 1. The summed E-state index contributed by atoms with van der Waals surface area (Å²) < 4.78 is 0. The Hall–Kier alpha value is -2.11. The monoisotopic (exact) mass is 207 g/mol. The van der Waals surface area contributed by atoms with E-state index in [1.807, 2.05) is 0 Å². The van der Waals surface area contributed by atoms with Crippen LogP contribution in [0.5, 0.6) is 0 Å². The highest BCUT2D eigenvalue weighted by molar-refractivity contribution is 5.96. The molecule has 0 spiro atoms. The minimum Gasteiger partial charge on any atom is -0.369 e. The summed E-state index contributed by atoms with van der Waals surface area (Å²) >= 11 is 0. The highest BCUT2D eigenvalue weighted by Gasteiger charge is 2.03. The van der Waals surface area contributed by atoms with Crippen LogP contribution in [0.25, 0.3) is 0 Å². The van der Waals surface area contributed by atoms with Crippen molar-refractivity contribution in [2.45, 2.75) is 0 Å². The molecule has 0 aromatic carbocycles. The Balaban J connectivity index is 2.65. The van der Waals surface area contributed by atoms with Gasteiger partial charge in [-0.15, -0.1) is 0 Å². The fourth-order valence-corrected chi connectivity index (χ4v) is 0.808. The van der Waals surface area contributed by atoms with E-state index in [0.29, 0.717) is 5.69 Å². The van der Waals surface area contributed by atoms with Gasteiger partial charge >= 0.3 is 6.03 Å². The lowest BCUT2D eigenvalue weighted by Crippen LogP contribution is -2.42. The molecule has 3 N–H and O–H groups in total. The Labute approximate surface area is 87.8 Å². The Morgan fingerprint density at radius 2 is 2.33 bits per heavy atom. The van der Waals surface area contributed by atoms with Gasteiger partial charge in [0.1, 0.15) is 0 Å². The summed E-state index contributed by atoms with van der Waals surface area (Å²) in [7, 11) is 3.24. The molecule has 15 heavy (non-hydrogen) atoms. The molecule has 0 aliphatic heterocycles. The number of pyridine rings is 1. The number of rotatable bonds is 1. The molecular formula is C9H13N5O. The second kappa shape index (κ2) is 4.94. The predicted molar refractivity (Wildman–Crippen MR) is 57.7 cm³/mol. The average Bonchev–Trinajstić information content (AvgIpc) is 2.18. The molecule has 80 valence electrons. The lowest BCUT2D eigenvalue weighted by molar-refractivity contribution is 0.222. The molecule has 0 saturated carbocycles. The van der Waals surface area contributed by atoms with Crippen LogP contribution < -0.4 is 11.1 Å². The van der Waals surface area contributed by atoms with Crippen LogP contribution in [-0.4, -0.2) is 36.0 Å². The molecular weight excluding hydrogens is 194 g/mol. The van der Waals surface area contributed by atoms with Gasteiger partial charge in [0.15, 0.2) is 0 Å². The lowest BCUT2D eigenvalue weighted by Gasteiger charge is -2.10. The van der Waals surface area contributed by atoms with Crippen LogP contribution in [0.15, 0.2) is 29.5 Å². The molecule has 0 unspecified atom stereocenters. The smallest absolute Gasteiger partial charge is 0.323 e. The van der Waals surface area contributed by atoms with Gasteiger partial charge in [0.05, 0.1) is 11.9 Å². The van der Waals surface area contributed by atoms with Crippen LogP contribution in [0.3, 0.4) is 0 Å². The molecule has 6 nitrogen and oxygen atoms in total. The number of nitrogens with two attached hydrogens (primary N) is 1. The number of amides is 2. The van der Waals surface area contributed by atoms with Crippen molar-refractivity contribution >= 4 is 17.7 Å². The number of nitrogens with zero attached hydrogens (tertiary/aromatic N) is 3. The molecule has 1 aromatic heterocycles. The quantitative estimate of drug-likeness (QED) is 0.513. The van der Waals surface area contributed by atoms with E-state index in [4.69, 9.17) is 5.73 Å². The second-order valence-electron chi connectivity index (χ2n) is 3.03. The lowest BCUT2D eigenvalue weighted by atomic mass is 10.4. The zero-order chi connectivity index (χ0) is 11.3. The molecule has 0 bridgehead atoms. The molecule has 6 heteroatoms. The molecule has 1 aromatic rings. The summed E-state index contributed by atoms with van der Waals surface area (Å²) in [6, 6.07) is 3.15. The van der Waals surface area contributed by atoms with E-state index in [1.165, 1.54) is 4.90 Å². The van der Waals surface area contributed by atoms with Gasteiger partial charge in [-0.25, -0.2) is 9.79 Å². The number of carbonyl (C=O) groups excluding carboxylic acids is 1. The third kappa shape index (κ3) is 3.63. The maximum Gasteiger partial charge on any atom is 0.323 e. The first-order valence-electron chi connectivity index (χ1n) is 4.32. The molecule has 0 atom stereocenters. The fraction of sp³-hybridized carbons (Fsp3) is 0.222. The zero-order valence-corrected chi connectivity index (χ0v) is 8.64. The van der Waals surface area contributed by atoms with E-state index in [9.17, 15) is 4.79 Å². The largest absolute Gasteiger partial charge is 0.369 e. The predicted octanol–water partition coefficient (Wildman–Crippen LogP) is 0.299. The van der Waals surface area contributed by atoms with E-state index in [2.05, 4.69) is 15.3 Å². The number of hydrogen-bond acceptors (Lipinski definition) is 3. The summed E-state index contributed by atoms with van der Waals surface area (Å²) in [5.74, 6) is 0.0432. The molecule has 1 heterocycles. The molecule has 0 aliphatic rings. The standard InChI is InChI=1S/C9H13N5O/c1-14(2)9(15)13-8(10)12-7-4-3-5-11-6-7/h3-6H,1-2H3,(H3,10,12,13,15). The van der Waals surface area contributed by atoms with Crippen LogP contribution in [0.1, 0.15) is 0 Å². The van der Waals surface area contributed by atoms with E-state index < -0.39 is 0 Å². The van der Waals surface area contributed by atoms with Gasteiger partial charge in [-0.2, -0.15) is 0 Å². The first-order valence-corrected chi connectivity index (χ1v) is 4.32. The van der Waals surface area contributed by atoms with Gasteiger partial charge in [-0.05, 0) is 12.1 Å². The van der Waals surface area contributed by atoms with Gasteiger partial charge in [-0.1, -0.05) is 0 Å². The summed E-state index contributed by atoms with van der Waals surface area (Å²) in [6.45, 7) is 0. The molecule has 1 rings (SSSR count). The van der Waals surface area contributed by atoms with E-state index in [0.717, 1.165) is 0 Å². The first-order chi connectivity index (χ1) is 7.09. The van der Waals surface area contributed by atoms with Crippen LogP contribution in [0, 0.1) is 0 Å². The minimum absolute atomic E-state index is 0.0432. The number of aliphatic imine (C=N–C) groups is 1. The fourth-order valence-electron chi connectivity index (χ4n) is 0.808. The number of nitrogens with one attached hydrogen (secondary N) is 1. The molecule has 0 aliphatic carbocycles. The highest BCUT2D eigenvalue weighted by Crippen LogP contribution is 2.06. The Bertz CT molecular complexity index is 360. The van der Waals surface area contributed by atoms with Crippen molar-refractivity contribution < 1.29 is 4.79 Å². The van der Waals surface area contributed by atoms with Gasteiger partial charge in [0.2, 0.25) is 5.96 Å².